The van der Waals surface area contributed by atoms with E-state index in [-0.39, 0.29) is 5.75 Å². The molecule has 0 fully saturated rings. The van der Waals surface area contributed by atoms with E-state index in [0.717, 1.165) is 11.1 Å². The lowest BCUT2D eigenvalue weighted by Gasteiger charge is -2.06. The van der Waals surface area contributed by atoms with Gasteiger partial charge < -0.3 is 5.11 Å². The zero-order chi connectivity index (χ0) is 13.9. The van der Waals surface area contributed by atoms with Crippen molar-refractivity contribution in [2.24, 2.45) is 0 Å². The SMILES string of the molecule is Oc1ccc(-c2ccc(-c3ccccc3)cc2)cc1Cl. The third-order valence-electron chi connectivity index (χ3n) is 3.27. The van der Waals surface area contributed by atoms with Crippen molar-refractivity contribution < 1.29 is 5.11 Å². The molecule has 0 aliphatic carbocycles. The molecule has 3 aromatic carbocycles. The molecular formula is C18H13ClO. The summed E-state index contributed by atoms with van der Waals surface area (Å²) in [5, 5.41) is 9.82. The molecule has 0 saturated heterocycles. The monoisotopic (exact) mass is 280 g/mol. The maximum Gasteiger partial charge on any atom is 0.134 e. The largest absolute Gasteiger partial charge is 0.506 e. The fourth-order valence-corrected chi connectivity index (χ4v) is 2.35. The highest BCUT2D eigenvalue weighted by Gasteiger charge is 2.03. The number of hydrogen-bond donors (Lipinski definition) is 1. The Morgan fingerprint density at radius 1 is 0.600 bits per heavy atom. The van der Waals surface area contributed by atoms with Crippen LogP contribution in [0.15, 0.2) is 72.8 Å². The minimum Gasteiger partial charge on any atom is -0.506 e. The molecule has 1 N–H and O–H groups in total. The molecule has 0 heterocycles. The molecule has 3 aromatic rings. The Labute approximate surface area is 123 Å². The second-order valence-electron chi connectivity index (χ2n) is 4.61. The molecule has 0 aliphatic heterocycles. The number of rotatable bonds is 2. The van der Waals surface area contributed by atoms with Crippen molar-refractivity contribution >= 4 is 11.6 Å². The second-order valence-corrected chi connectivity index (χ2v) is 5.02. The van der Waals surface area contributed by atoms with Crippen molar-refractivity contribution in [1.29, 1.82) is 0 Å². The van der Waals surface area contributed by atoms with Crippen LogP contribution in [0.2, 0.25) is 5.02 Å². The summed E-state index contributed by atoms with van der Waals surface area (Å²) in [5.41, 5.74) is 4.45. The van der Waals surface area contributed by atoms with Crippen molar-refractivity contribution in [1.82, 2.24) is 0 Å². The molecule has 3 rings (SSSR count). The number of phenols is 1. The zero-order valence-corrected chi connectivity index (χ0v) is 11.5. The minimum atomic E-state index is 0.108. The van der Waals surface area contributed by atoms with Gasteiger partial charge in [-0.3, -0.25) is 0 Å². The van der Waals surface area contributed by atoms with Crippen LogP contribution in [0.3, 0.4) is 0 Å². The van der Waals surface area contributed by atoms with Crippen molar-refractivity contribution in [3.05, 3.63) is 77.8 Å². The lowest BCUT2D eigenvalue weighted by molar-refractivity contribution is 0.475. The van der Waals surface area contributed by atoms with Gasteiger partial charge in [0.15, 0.2) is 0 Å². The van der Waals surface area contributed by atoms with Crippen LogP contribution < -0.4 is 0 Å². The van der Waals surface area contributed by atoms with Gasteiger partial charge in [0.1, 0.15) is 5.75 Å². The van der Waals surface area contributed by atoms with Gasteiger partial charge in [-0.25, -0.2) is 0 Å². The number of halogens is 1. The van der Waals surface area contributed by atoms with Crippen LogP contribution in [0.1, 0.15) is 0 Å². The van der Waals surface area contributed by atoms with Crippen molar-refractivity contribution in [2.45, 2.75) is 0 Å². The third kappa shape index (κ3) is 2.54. The molecule has 0 saturated carbocycles. The molecule has 0 unspecified atom stereocenters. The highest BCUT2D eigenvalue weighted by molar-refractivity contribution is 6.32. The Bertz CT molecular complexity index is 718. The molecule has 0 atom stereocenters. The summed E-state index contributed by atoms with van der Waals surface area (Å²) in [7, 11) is 0. The lowest BCUT2D eigenvalue weighted by Crippen LogP contribution is -1.80. The topological polar surface area (TPSA) is 20.2 Å². The van der Waals surface area contributed by atoms with E-state index >= 15 is 0 Å². The van der Waals surface area contributed by atoms with Crippen molar-refractivity contribution in [2.75, 3.05) is 0 Å². The zero-order valence-electron chi connectivity index (χ0n) is 10.8. The van der Waals surface area contributed by atoms with Gasteiger partial charge in [-0.05, 0) is 34.4 Å². The summed E-state index contributed by atoms with van der Waals surface area (Å²) >= 11 is 5.94. The Morgan fingerprint density at radius 2 is 1.10 bits per heavy atom. The first-order valence-corrected chi connectivity index (χ1v) is 6.76. The van der Waals surface area contributed by atoms with Gasteiger partial charge in [0.2, 0.25) is 0 Å². The molecule has 20 heavy (non-hydrogen) atoms. The summed E-state index contributed by atoms with van der Waals surface area (Å²) in [4.78, 5) is 0. The summed E-state index contributed by atoms with van der Waals surface area (Å²) in [6, 6.07) is 23.8. The smallest absolute Gasteiger partial charge is 0.134 e. The van der Waals surface area contributed by atoms with Gasteiger partial charge in [0, 0.05) is 0 Å². The molecule has 1 nitrogen and oxygen atoms in total. The Morgan fingerprint density at radius 3 is 1.70 bits per heavy atom. The van der Waals surface area contributed by atoms with Crippen molar-refractivity contribution in [3.63, 3.8) is 0 Å². The van der Waals surface area contributed by atoms with Crippen LogP contribution in [-0.2, 0) is 0 Å². The van der Waals surface area contributed by atoms with Gasteiger partial charge >= 0.3 is 0 Å². The number of aromatic hydroxyl groups is 1. The number of hydrogen-bond acceptors (Lipinski definition) is 1. The van der Waals surface area contributed by atoms with Crippen LogP contribution in [-0.4, -0.2) is 5.11 Å². The maximum atomic E-state index is 9.45. The van der Waals surface area contributed by atoms with Crippen LogP contribution in [0.5, 0.6) is 5.75 Å². The lowest BCUT2D eigenvalue weighted by atomic mass is 10.0. The molecule has 2 heteroatoms. The normalized spacial score (nSPS) is 10.4. The molecule has 0 radical (unpaired) electrons. The predicted molar refractivity (Wildman–Crippen MR) is 84.0 cm³/mol. The molecular weight excluding hydrogens is 268 g/mol. The Kier molecular flexibility index (Phi) is 3.44. The molecule has 0 bridgehead atoms. The van der Waals surface area contributed by atoms with E-state index in [2.05, 4.69) is 36.4 Å². The van der Waals surface area contributed by atoms with E-state index in [1.165, 1.54) is 11.1 Å². The molecule has 0 amide bonds. The van der Waals surface area contributed by atoms with Gasteiger partial charge in [0.05, 0.1) is 5.02 Å². The fourth-order valence-electron chi connectivity index (χ4n) is 2.17. The van der Waals surface area contributed by atoms with Crippen LogP contribution in [0.25, 0.3) is 22.3 Å². The summed E-state index contributed by atoms with van der Waals surface area (Å²) < 4.78 is 0. The van der Waals surface area contributed by atoms with Gasteiger partial charge in [-0.2, -0.15) is 0 Å². The van der Waals surface area contributed by atoms with Gasteiger partial charge in [-0.15, -0.1) is 0 Å². The molecule has 98 valence electrons. The van der Waals surface area contributed by atoms with E-state index in [1.807, 2.05) is 24.3 Å². The first kappa shape index (κ1) is 12.8. The van der Waals surface area contributed by atoms with Gasteiger partial charge in [0.25, 0.3) is 0 Å². The molecule has 0 spiro atoms. The fraction of sp³-hybridized carbons (Fsp3) is 0. The Balaban J connectivity index is 1.95. The van der Waals surface area contributed by atoms with Crippen LogP contribution in [0.4, 0.5) is 0 Å². The Hall–Kier alpha value is -2.25. The third-order valence-corrected chi connectivity index (χ3v) is 3.58. The van der Waals surface area contributed by atoms with Crippen LogP contribution >= 0.6 is 11.6 Å². The highest BCUT2D eigenvalue weighted by Crippen LogP contribution is 2.30. The average Bonchev–Trinajstić information content (AvgIpc) is 2.51. The van der Waals surface area contributed by atoms with Crippen molar-refractivity contribution in [3.8, 4) is 28.0 Å². The predicted octanol–water partition coefficient (Wildman–Crippen LogP) is 5.38. The minimum absolute atomic E-state index is 0.108. The van der Waals surface area contributed by atoms with E-state index in [0.29, 0.717) is 5.02 Å². The number of benzene rings is 3. The summed E-state index contributed by atoms with van der Waals surface area (Å²) in [6.07, 6.45) is 0. The first-order valence-electron chi connectivity index (χ1n) is 6.38. The summed E-state index contributed by atoms with van der Waals surface area (Å²) in [5.74, 6) is 0.108. The quantitative estimate of drug-likeness (QED) is 0.668. The second kappa shape index (κ2) is 5.40. The molecule has 0 aliphatic rings. The van der Waals surface area contributed by atoms with Crippen LogP contribution in [0, 0.1) is 0 Å². The van der Waals surface area contributed by atoms with E-state index < -0.39 is 0 Å². The average molecular weight is 281 g/mol. The molecule has 0 aromatic heterocycles. The number of phenolic OH excluding ortho intramolecular Hbond substituents is 1. The van der Waals surface area contributed by atoms with E-state index in [1.54, 1.807) is 12.1 Å². The standard InChI is InChI=1S/C18H13ClO/c19-17-12-16(10-11-18(17)20)15-8-6-14(7-9-15)13-4-2-1-3-5-13/h1-12,20H. The highest BCUT2D eigenvalue weighted by atomic mass is 35.5. The maximum absolute atomic E-state index is 9.45. The first-order chi connectivity index (χ1) is 9.74. The van der Waals surface area contributed by atoms with E-state index in [4.69, 9.17) is 11.6 Å². The summed E-state index contributed by atoms with van der Waals surface area (Å²) in [6.45, 7) is 0. The van der Waals surface area contributed by atoms with Gasteiger partial charge in [-0.1, -0.05) is 72.3 Å². The van der Waals surface area contributed by atoms with E-state index in [9.17, 15) is 5.11 Å².